The predicted molar refractivity (Wildman–Crippen MR) is 25.1 cm³/mol. The van der Waals surface area contributed by atoms with E-state index in [1.54, 1.807) is 0 Å². The van der Waals surface area contributed by atoms with Crippen LogP contribution in [-0.4, -0.2) is 11.8 Å². The summed E-state index contributed by atoms with van der Waals surface area (Å²) in [7, 11) is 0. The molecule has 0 aromatic carbocycles. The van der Waals surface area contributed by atoms with Crippen LogP contribution in [-0.2, 0) is 0 Å². The molecule has 0 N–H and O–H groups in total. The second-order valence-electron chi connectivity index (χ2n) is 2.09. The maximum atomic E-state index is 4.25. The van der Waals surface area contributed by atoms with Crippen molar-refractivity contribution in [3.63, 3.8) is 0 Å². The first kappa shape index (κ1) is 2.78. The number of aliphatic imine (C=N–C) groups is 1. The van der Waals surface area contributed by atoms with E-state index in [0.29, 0.717) is 0 Å². The van der Waals surface area contributed by atoms with Gasteiger partial charge in [0, 0.05) is 12.1 Å². The van der Waals surface area contributed by atoms with Gasteiger partial charge in [0.15, 0.2) is 0 Å². The van der Waals surface area contributed by atoms with E-state index in [1.807, 2.05) is 0 Å². The third-order valence-electron chi connectivity index (χ3n) is 1.60. The third kappa shape index (κ3) is 0.163. The Kier molecular flexibility index (Phi) is 0.312. The Morgan fingerprint density at radius 1 is 1.67 bits per heavy atom. The molecule has 0 amide bonds. The van der Waals surface area contributed by atoms with Gasteiger partial charge in [-0.1, -0.05) is 0 Å². The van der Waals surface area contributed by atoms with Crippen LogP contribution >= 0.6 is 0 Å². The lowest BCUT2D eigenvalue weighted by atomic mass is 10.2. The van der Waals surface area contributed by atoms with E-state index in [4.69, 9.17) is 0 Å². The number of hydrogen-bond acceptors (Lipinski definition) is 1. The van der Waals surface area contributed by atoms with E-state index in [-0.39, 0.29) is 0 Å². The van der Waals surface area contributed by atoms with Crippen LogP contribution in [0.4, 0.5) is 0 Å². The lowest BCUT2D eigenvalue weighted by Gasteiger charge is -2.08. The first-order valence-electron chi connectivity index (χ1n) is 2.51. The molecule has 2 aliphatic heterocycles. The summed E-state index contributed by atoms with van der Waals surface area (Å²) in [4.78, 5) is 4.25. The van der Waals surface area contributed by atoms with Gasteiger partial charge in [-0.25, -0.2) is 0 Å². The molecule has 2 heterocycles. The molecule has 0 radical (unpaired) electrons. The summed E-state index contributed by atoms with van der Waals surface area (Å²) in [5, 5.41) is 0. The van der Waals surface area contributed by atoms with Gasteiger partial charge in [-0.3, -0.25) is 4.99 Å². The van der Waals surface area contributed by atoms with Gasteiger partial charge in [0.05, 0.1) is 6.04 Å². The molecule has 0 saturated heterocycles. The minimum atomic E-state index is 0.778. The van der Waals surface area contributed by atoms with Gasteiger partial charge >= 0.3 is 0 Å². The molecule has 2 bridgehead atoms. The van der Waals surface area contributed by atoms with Crippen LogP contribution in [0.2, 0.25) is 0 Å². The minimum Gasteiger partial charge on any atom is -0.290 e. The SMILES string of the molecule is C1C[C@@H]2CC1=N2. The topological polar surface area (TPSA) is 12.4 Å². The van der Waals surface area contributed by atoms with E-state index in [1.165, 1.54) is 25.0 Å². The number of rotatable bonds is 0. The Morgan fingerprint density at radius 3 is 2.67 bits per heavy atom. The molecule has 0 aromatic heterocycles. The zero-order chi connectivity index (χ0) is 3.98. The summed E-state index contributed by atoms with van der Waals surface area (Å²) in [6.45, 7) is 0. The van der Waals surface area contributed by atoms with Crippen molar-refractivity contribution in [2.45, 2.75) is 25.3 Å². The maximum Gasteiger partial charge on any atom is 0.0554 e. The summed E-state index contributed by atoms with van der Waals surface area (Å²) in [6.07, 6.45) is 4.00. The monoisotopic (exact) mass is 81.1 g/mol. The van der Waals surface area contributed by atoms with Crippen LogP contribution in [0.15, 0.2) is 4.99 Å². The van der Waals surface area contributed by atoms with Crippen molar-refractivity contribution >= 4 is 5.71 Å². The molecule has 32 valence electrons. The van der Waals surface area contributed by atoms with E-state index >= 15 is 0 Å². The standard InChI is InChI=1S/C5H7N/c1-2-5-3-4(1)6-5/h4H,1-3H2/t4-/m1/s1. The zero-order valence-corrected chi connectivity index (χ0v) is 3.65. The second kappa shape index (κ2) is 0.673. The smallest absolute Gasteiger partial charge is 0.0554 e. The Hall–Kier alpha value is -0.330. The molecular formula is C5H7N. The lowest BCUT2D eigenvalue weighted by molar-refractivity contribution is 0.699. The molecule has 3 aliphatic rings. The molecule has 3 rings (SSSR count). The summed E-state index contributed by atoms with van der Waals surface area (Å²) in [5.74, 6) is 0. The molecule has 6 heavy (non-hydrogen) atoms. The van der Waals surface area contributed by atoms with Gasteiger partial charge in [-0.05, 0) is 12.8 Å². The van der Waals surface area contributed by atoms with E-state index in [9.17, 15) is 0 Å². The van der Waals surface area contributed by atoms with Crippen molar-refractivity contribution in [2.24, 2.45) is 4.99 Å². The summed E-state index contributed by atoms with van der Waals surface area (Å²) >= 11 is 0. The fourth-order valence-electron chi connectivity index (χ4n) is 1.18. The van der Waals surface area contributed by atoms with E-state index < -0.39 is 0 Å². The van der Waals surface area contributed by atoms with Crippen LogP contribution in [0.3, 0.4) is 0 Å². The zero-order valence-electron chi connectivity index (χ0n) is 3.65. The summed E-state index contributed by atoms with van der Waals surface area (Å²) in [6, 6.07) is 0.778. The van der Waals surface area contributed by atoms with Crippen LogP contribution in [0, 0.1) is 0 Å². The van der Waals surface area contributed by atoms with Gasteiger partial charge in [0.1, 0.15) is 0 Å². The molecule has 1 heteroatoms. The highest BCUT2D eigenvalue weighted by molar-refractivity contribution is 5.92. The first-order chi connectivity index (χ1) is 2.95. The Labute approximate surface area is 37.1 Å². The van der Waals surface area contributed by atoms with Gasteiger partial charge in [0.2, 0.25) is 0 Å². The number of nitrogens with zero attached hydrogens (tertiary/aromatic N) is 1. The molecule has 0 unspecified atom stereocenters. The summed E-state index contributed by atoms with van der Waals surface area (Å²) in [5.41, 5.74) is 1.47. The van der Waals surface area contributed by atoms with Gasteiger partial charge < -0.3 is 0 Å². The Morgan fingerprint density at radius 2 is 2.50 bits per heavy atom. The summed E-state index contributed by atoms with van der Waals surface area (Å²) < 4.78 is 0. The average molecular weight is 81.1 g/mol. The second-order valence-corrected chi connectivity index (χ2v) is 2.09. The third-order valence-corrected chi connectivity index (χ3v) is 1.60. The van der Waals surface area contributed by atoms with Gasteiger partial charge in [-0.15, -0.1) is 0 Å². The van der Waals surface area contributed by atoms with E-state index in [0.717, 1.165) is 6.04 Å². The van der Waals surface area contributed by atoms with Crippen LogP contribution in [0.1, 0.15) is 19.3 Å². The molecule has 1 fully saturated rings. The number of hydrogen-bond donors (Lipinski definition) is 0. The van der Waals surface area contributed by atoms with Crippen molar-refractivity contribution in [1.29, 1.82) is 0 Å². The van der Waals surface area contributed by atoms with Crippen molar-refractivity contribution in [1.82, 2.24) is 0 Å². The molecule has 1 saturated carbocycles. The predicted octanol–water partition coefficient (Wildman–Crippen LogP) is 0.994. The lowest BCUT2D eigenvalue weighted by Crippen LogP contribution is -2.09. The fourth-order valence-corrected chi connectivity index (χ4v) is 1.18. The van der Waals surface area contributed by atoms with Crippen LogP contribution in [0.25, 0.3) is 0 Å². The minimum absolute atomic E-state index is 0.778. The van der Waals surface area contributed by atoms with Gasteiger partial charge in [-0.2, -0.15) is 0 Å². The average Bonchev–Trinajstić information content (AvgIpc) is 1.72. The first-order valence-corrected chi connectivity index (χ1v) is 2.51. The molecule has 0 spiro atoms. The van der Waals surface area contributed by atoms with Crippen LogP contribution in [0.5, 0.6) is 0 Å². The molecule has 1 atom stereocenters. The van der Waals surface area contributed by atoms with E-state index in [2.05, 4.69) is 4.99 Å². The highest BCUT2D eigenvalue weighted by Crippen LogP contribution is 2.28. The van der Waals surface area contributed by atoms with Crippen LogP contribution < -0.4 is 0 Å². The number of fused-ring (bicyclic) bond motifs is 1. The van der Waals surface area contributed by atoms with Crippen molar-refractivity contribution in [3.05, 3.63) is 0 Å². The highest BCUT2D eigenvalue weighted by Gasteiger charge is 2.27. The van der Waals surface area contributed by atoms with Crippen molar-refractivity contribution in [3.8, 4) is 0 Å². The normalized spacial score (nSPS) is 38.7. The van der Waals surface area contributed by atoms with Crippen molar-refractivity contribution < 1.29 is 0 Å². The molecule has 1 aliphatic carbocycles. The van der Waals surface area contributed by atoms with Gasteiger partial charge in [0.25, 0.3) is 0 Å². The maximum absolute atomic E-state index is 4.25. The highest BCUT2D eigenvalue weighted by atomic mass is 14.9. The largest absolute Gasteiger partial charge is 0.290 e. The molecular weight excluding hydrogens is 74.1 g/mol. The van der Waals surface area contributed by atoms with Crippen molar-refractivity contribution in [2.75, 3.05) is 0 Å². The Balaban J connectivity index is 2.39. The molecule has 0 aromatic rings. The fraction of sp³-hybridized carbons (Fsp3) is 0.800. The quantitative estimate of drug-likeness (QED) is 0.412. The Bertz CT molecular complexity index is 101. The molecule has 1 nitrogen and oxygen atoms in total.